The number of hydrogen-bond acceptors (Lipinski definition) is 0. The average Bonchev–Trinajstić information content (AvgIpc) is 1.99. The number of allylic oxidation sites excluding steroid dienone is 4. The van der Waals surface area contributed by atoms with Gasteiger partial charge in [-0.05, 0) is 24.2 Å². The molecule has 0 nitrogen and oxygen atoms in total. The molecule has 0 saturated carbocycles. The number of hydrogen-bond donors (Lipinski definition) is 0. The predicted octanol–water partition coefficient (Wildman–Crippen LogP) is 4.97. The van der Waals surface area contributed by atoms with E-state index in [-0.39, 0.29) is 5.41 Å². The van der Waals surface area contributed by atoms with Crippen molar-refractivity contribution >= 4 is 0 Å². The molecule has 0 amide bonds. The summed E-state index contributed by atoms with van der Waals surface area (Å²) >= 11 is 0. The molecule has 0 aromatic carbocycles. The van der Waals surface area contributed by atoms with Crippen LogP contribution in [0, 0.1) is 16.2 Å². The van der Waals surface area contributed by atoms with Crippen molar-refractivity contribution in [2.24, 2.45) is 16.2 Å². The maximum absolute atomic E-state index is 2.49. The van der Waals surface area contributed by atoms with Gasteiger partial charge in [0.1, 0.15) is 0 Å². The van der Waals surface area contributed by atoms with Crippen molar-refractivity contribution in [2.45, 2.75) is 54.9 Å². The van der Waals surface area contributed by atoms with Crippen LogP contribution >= 0.6 is 0 Å². The third-order valence-electron chi connectivity index (χ3n) is 3.97. The Morgan fingerprint density at radius 3 is 1.73 bits per heavy atom. The summed E-state index contributed by atoms with van der Waals surface area (Å²) in [4.78, 5) is 0. The third kappa shape index (κ3) is 2.04. The van der Waals surface area contributed by atoms with Gasteiger partial charge in [0, 0.05) is 5.41 Å². The molecular formula is C15H26. The fraction of sp³-hybridized carbons (Fsp3) is 0.733. The van der Waals surface area contributed by atoms with E-state index in [2.05, 4.69) is 66.7 Å². The first-order chi connectivity index (χ1) is 6.60. The Balaban J connectivity index is 3.28. The topological polar surface area (TPSA) is 0 Å². The van der Waals surface area contributed by atoms with Gasteiger partial charge in [0.15, 0.2) is 0 Å². The van der Waals surface area contributed by atoms with Gasteiger partial charge in [0.25, 0.3) is 0 Å². The van der Waals surface area contributed by atoms with E-state index in [1.54, 1.807) is 0 Å². The van der Waals surface area contributed by atoms with Gasteiger partial charge in [-0.25, -0.2) is 0 Å². The Kier molecular flexibility index (Phi) is 2.93. The van der Waals surface area contributed by atoms with Gasteiger partial charge in [-0.3, -0.25) is 0 Å². The van der Waals surface area contributed by atoms with Gasteiger partial charge in [0.05, 0.1) is 0 Å². The first kappa shape index (κ1) is 12.5. The molecular weight excluding hydrogens is 180 g/mol. The Hall–Kier alpha value is -0.520. The lowest BCUT2D eigenvalue weighted by Crippen LogP contribution is -2.45. The summed E-state index contributed by atoms with van der Waals surface area (Å²) in [5.74, 6) is 0. The summed E-state index contributed by atoms with van der Waals surface area (Å²) in [6, 6.07) is 0. The zero-order chi connectivity index (χ0) is 11.9. The van der Waals surface area contributed by atoms with Crippen molar-refractivity contribution in [3.8, 4) is 0 Å². The van der Waals surface area contributed by atoms with E-state index in [0.717, 1.165) is 6.42 Å². The molecule has 0 unspecified atom stereocenters. The maximum Gasteiger partial charge on any atom is 0.00189 e. The zero-order valence-electron chi connectivity index (χ0n) is 11.4. The van der Waals surface area contributed by atoms with Gasteiger partial charge < -0.3 is 0 Å². The van der Waals surface area contributed by atoms with Crippen molar-refractivity contribution in [1.82, 2.24) is 0 Å². The lowest BCUT2D eigenvalue weighted by atomic mass is 9.51. The van der Waals surface area contributed by atoms with Crippen molar-refractivity contribution < 1.29 is 0 Å². The van der Waals surface area contributed by atoms with E-state index >= 15 is 0 Å². The van der Waals surface area contributed by atoms with Gasteiger partial charge in [0.2, 0.25) is 0 Å². The van der Waals surface area contributed by atoms with Crippen LogP contribution in [0.2, 0.25) is 0 Å². The molecule has 0 N–H and O–H groups in total. The third-order valence-corrected chi connectivity index (χ3v) is 3.97. The van der Waals surface area contributed by atoms with Crippen molar-refractivity contribution in [3.63, 3.8) is 0 Å². The largest absolute Gasteiger partial charge is 0.0834 e. The van der Waals surface area contributed by atoms with Crippen LogP contribution in [0.5, 0.6) is 0 Å². The molecule has 15 heavy (non-hydrogen) atoms. The van der Waals surface area contributed by atoms with Crippen LogP contribution < -0.4 is 0 Å². The zero-order valence-corrected chi connectivity index (χ0v) is 11.4. The SMILES string of the molecule is CC1=CC(C(C)(C)C)(C(C)(C)C)CC=C1. The van der Waals surface area contributed by atoms with Crippen LogP contribution in [0.15, 0.2) is 23.8 Å². The quantitative estimate of drug-likeness (QED) is 0.525. The van der Waals surface area contributed by atoms with Gasteiger partial charge in [-0.15, -0.1) is 0 Å². The molecule has 1 rings (SSSR count). The molecule has 0 spiro atoms. The van der Waals surface area contributed by atoms with E-state index in [1.165, 1.54) is 5.57 Å². The first-order valence-electron chi connectivity index (χ1n) is 5.96. The highest BCUT2D eigenvalue weighted by atomic mass is 14.5. The van der Waals surface area contributed by atoms with Crippen LogP contribution in [0.4, 0.5) is 0 Å². The molecule has 0 bridgehead atoms. The molecule has 86 valence electrons. The highest BCUT2D eigenvalue weighted by Gasteiger charge is 2.48. The predicted molar refractivity (Wildman–Crippen MR) is 68.9 cm³/mol. The fourth-order valence-corrected chi connectivity index (χ4v) is 3.10. The normalized spacial score (nSPS) is 21.4. The lowest BCUT2D eigenvalue weighted by molar-refractivity contribution is 0.0183. The van der Waals surface area contributed by atoms with Gasteiger partial charge in [-0.1, -0.05) is 65.3 Å². The van der Waals surface area contributed by atoms with Gasteiger partial charge >= 0.3 is 0 Å². The second-order valence-corrected chi connectivity index (χ2v) is 6.97. The minimum Gasteiger partial charge on any atom is -0.0834 e. The molecule has 0 saturated heterocycles. The van der Waals surface area contributed by atoms with E-state index in [1.807, 2.05) is 0 Å². The lowest BCUT2D eigenvalue weighted by Gasteiger charge is -2.53. The molecule has 0 heteroatoms. The minimum atomic E-state index is 0.277. The van der Waals surface area contributed by atoms with E-state index in [4.69, 9.17) is 0 Å². The Morgan fingerprint density at radius 1 is 1.00 bits per heavy atom. The first-order valence-corrected chi connectivity index (χ1v) is 5.96. The van der Waals surface area contributed by atoms with Crippen molar-refractivity contribution in [2.75, 3.05) is 0 Å². The Labute approximate surface area is 95.5 Å². The molecule has 0 radical (unpaired) electrons. The Morgan fingerprint density at radius 2 is 1.47 bits per heavy atom. The van der Waals surface area contributed by atoms with E-state index in [0.29, 0.717) is 10.8 Å². The van der Waals surface area contributed by atoms with Crippen LogP contribution in [0.1, 0.15) is 54.9 Å². The monoisotopic (exact) mass is 206 g/mol. The van der Waals surface area contributed by atoms with Crippen LogP contribution in [0.25, 0.3) is 0 Å². The summed E-state index contributed by atoms with van der Waals surface area (Å²) in [7, 11) is 0. The highest BCUT2D eigenvalue weighted by molar-refractivity contribution is 5.29. The van der Waals surface area contributed by atoms with Gasteiger partial charge in [-0.2, -0.15) is 0 Å². The summed E-state index contributed by atoms with van der Waals surface area (Å²) in [6.45, 7) is 16.4. The average molecular weight is 206 g/mol. The molecule has 0 aliphatic heterocycles. The van der Waals surface area contributed by atoms with Crippen LogP contribution in [-0.2, 0) is 0 Å². The van der Waals surface area contributed by atoms with Crippen LogP contribution in [0.3, 0.4) is 0 Å². The molecule has 0 atom stereocenters. The molecule has 0 heterocycles. The summed E-state index contributed by atoms with van der Waals surface area (Å²) < 4.78 is 0. The second kappa shape index (κ2) is 3.50. The molecule has 1 aliphatic carbocycles. The molecule has 0 fully saturated rings. The highest BCUT2D eigenvalue weighted by Crippen LogP contribution is 2.56. The second-order valence-electron chi connectivity index (χ2n) is 6.97. The molecule has 0 aromatic heterocycles. The Bertz CT molecular complexity index is 275. The smallest absolute Gasteiger partial charge is 0.00189 e. The summed E-state index contributed by atoms with van der Waals surface area (Å²) in [5, 5.41) is 0. The minimum absolute atomic E-state index is 0.277. The molecule has 1 aliphatic rings. The fourth-order valence-electron chi connectivity index (χ4n) is 3.10. The van der Waals surface area contributed by atoms with E-state index < -0.39 is 0 Å². The van der Waals surface area contributed by atoms with E-state index in [9.17, 15) is 0 Å². The summed E-state index contributed by atoms with van der Waals surface area (Å²) in [6.07, 6.45) is 8.24. The molecule has 0 aromatic rings. The number of rotatable bonds is 0. The van der Waals surface area contributed by atoms with Crippen LogP contribution in [-0.4, -0.2) is 0 Å². The van der Waals surface area contributed by atoms with Crippen molar-refractivity contribution in [1.29, 1.82) is 0 Å². The summed E-state index contributed by atoms with van der Waals surface area (Å²) in [5.41, 5.74) is 2.29. The van der Waals surface area contributed by atoms with Crippen molar-refractivity contribution in [3.05, 3.63) is 23.8 Å². The maximum atomic E-state index is 2.49. The standard InChI is InChI=1S/C15H26/c1-12-9-8-10-15(11-12,13(2,3)4)14(5,6)7/h8-9,11H,10H2,1-7H3.